The van der Waals surface area contributed by atoms with Crippen LogP contribution in [0.15, 0.2) is 23.1 Å². The Morgan fingerprint density at radius 1 is 1.47 bits per heavy atom. The Balaban J connectivity index is 2.13. The van der Waals surface area contributed by atoms with Crippen molar-refractivity contribution < 1.29 is 12.8 Å². The minimum atomic E-state index is -3.63. The minimum absolute atomic E-state index is 0.0145. The van der Waals surface area contributed by atoms with Crippen molar-refractivity contribution in [2.45, 2.75) is 43.5 Å². The highest BCUT2D eigenvalue weighted by Crippen LogP contribution is 2.34. The van der Waals surface area contributed by atoms with Crippen LogP contribution in [0.25, 0.3) is 0 Å². The number of nitrogens with two attached hydrogens (primary N) is 1. The van der Waals surface area contributed by atoms with Crippen LogP contribution in [0.1, 0.15) is 32.6 Å². The molecule has 1 saturated carbocycles. The van der Waals surface area contributed by atoms with Gasteiger partial charge in [-0.15, -0.1) is 0 Å². The van der Waals surface area contributed by atoms with Crippen molar-refractivity contribution in [1.82, 2.24) is 4.72 Å². The summed E-state index contributed by atoms with van der Waals surface area (Å²) >= 11 is 0. The summed E-state index contributed by atoms with van der Waals surface area (Å²) in [7, 11) is -3.63. The number of nitrogens with one attached hydrogen (secondary N) is 1. The monoisotopic (exact) mass is 286 g/mol. The average Bonchev–Trinajstić information content (AvgIpc) is 3.15. The molecular weight excluding hydrogens is 267 g/mol. The molecule has 1 unspecified atom stereocenters. The fourth-order valence-electron chi connectivity index (χ4n) is 2.03. The molecule has 106 valence electrons. The maximum Gasteiger partial charge on any atom is 0.240 e. The Morgan fingerprint density at radius 3 is 2.68 bits per heavy atom. The molecule has 3 N–H and O–H groups in total. The highest BCUT2D eigenvalue weighted by atomic mass is 32.2. The van der Waals surface area contributed by atoms with Gasteiger partial charge in [0.15, 0.2) is 0 Å². The third-order valence-electron chi connectivity index (χ3n) is 3.41. The molecule has 0 spiro atoms. The fourth-order valence-corrected chi connectivity index (χ4v) is 3.40. The number of hydrogen-bond acceptors (Lipinski definition) is 3. The Kier molecular flexibility index (Phi) is 4.10. The molecule has 0 bridgehead atoms. The maximum atomic E-state index is 13.1. The number of halogens is 1. The highest BCUT2D eigenvalue weighted by molar-refractivity contribution is 7.89. The molecule has 19 heavy (non-hydrogen) atoms. The Labute approximate surface area is 113 Å². The van der Waals surface area contributed by atoms with Gasteiger partial charge in [0.2, 0.25) is 10.0 Å². The lowest BCUT2D eigenvalue weighted by Crippen LogP contribution is -2.34. The van der Waals surface area contributed by atoms with Crippen molar-refractivity contribution >= 4 is 15.7 Å². The van der Waals surface area contributed by atoms with Crippen LogP contribution < -0.4 is 10.5 Å². The summed E-state index contributed by atoms with van der Waals surface area (Å²) in [4.78, 5) is 0.0145. The molecule has 0 heterocycles. The first kappa shape index (κ1) is 14.3. The zero-order valence-corrected chi connectivity index (χ0v) is 11.7. The summed E-state index contributed by atoms with van der Waals surface area (Å²) in [6, 6.07) is 3.40. The van der Waals surface area contributed by atoms with Crippen molar-refractivity contribution in [2.75, 3.05) is 5.73 Å². The van der Waals surface area contributed by atoms with E-state index in [1.54, 1.807) is 0 Å². The molecule has 1 aliphatic carbocycles. The summed E-state index contributed by atoms with van der Waals surface area (Å²) in [6.07, 6.45) is 3.97. The number of nitrogen functional groups attached to an aromatic ring is 1. The van der Waals surface area contributed by atoms with Crippen LogP contribution in [-0.4, -0.2) is 14.5 Å². The molecule has 4 nitrogen and oxygen atoms in total. The topological polar surface area (TPSA) is 72.2 Å². The van der Waals surface area contributed by atoms with Gasteiger partial charge in [0.05, 0.1) is 10.6 Å². The second kappa shape index (κ2) is 5.46. The molecule has 1 aromatic carbocycles. The van der Waals surface area contributed by atoms with Crippen LogP contribution in [0.3, 0.4) is 0 Å². The number of sulfonamides is 1. The van der Waals surface area contributed by atoms with Crippen LogP contribution in [-0.2, 0) is 10.0 Å². The van der Waals surface area contributed by atoms with E-state index in [1.165, 1.54) is 18.9 Å². The summed E-state index contributed by atoms with van der Waals surface area (Å²) in [5.41, 5.74) is 5.25. The van der Waals surface area contributed by atoms with E-state index < -0.39 is 15.8 Å². The maximum absolute atomic E-state index is 13.1. The molecule has 1 fully saturated rings. The third-order valence-corrected chi connectivity index (χ3v) is 4.93. The van der Waals surface area contributed by atoms with Gasteiger partial charge >= 0.3 is 0 Å². The molecule has 2 rings (SSSR count). The zero-order chi connectivity index (χ0) is 14.0. The van der Waals surface area contributed by atoms with Gasteiger partial charge in [-0.2, -0.15) is 0 Å². The lowest BCUT2D eigenvalue weighted by atomic mass is 10.1. The standard InChI is InChI=1S/C13H19FN2O2S/c1-2-10(7-9-3-4-9)16-19(17,18)11-5-6-12(14)13(15)8-11/h5-6,8-10,16H,2-4,7,15H2,1H3. The predicted octanol–water partition coefficient (Wildman–Crippen LogP) is 2.26. The summed E-state index contributed by atoms with van der Waals surface area (Å²) in [5, 5.41) is 0. The second-order valence-electron chi connectivity index (χ2n) is 5.09. The lowest BCUT2D eigenvalue weighted by Gasteiger charge is -2.17. The zero-order valence-electron chi connectivity index (χ0n) is 10.9. The second-order valence-corrected chi connectivity index (χ2v) is 6.80. The molecule has 6 heteroatoms. The normalized spacial score (nSPS) is 17.4. The quantitative estimate of drug-likeness (QED) is 0.788. The van der Waals surface area contributed by atoms with Crippen LogP contribution in [0.4, 0.5) is 10.1 Å². The van der Waals surface area contributed by atoms with Crippen molar-refractivity contribution in [1.29, 1.82) is 0 Å². The first-order valence-electron chi connectivity index (χ1n) is 6.49. The molecule has 1 aromatic rings. The average molecular weight is 286 g/mol. The van der Waals surface area contributed by atoms with Gasteiger partial charge in [-0.05, 0) is 37.0 Å². The first-order valence-corrected chi connectivity index (χ1v) is 7.98. The van der Waals surface area contributed by atoms with Gasteiger partial charge in [-0.3, -0.25) is 0 Å². The summed E-state index contributed by atoms with van der Waals surface area (Å²) in [6.45, 7) is 1.95. The summed E-state index contributed by atoms with van der Waals surface area (Å²) in [5.74, 6) is 0.0370. The molecular formula is C13H19FN2O2S. The molecule has 1 atom stereocenters. The molecule has 0 saturated heterocycles. The lowest BCUT2D eigenvalue weighted by molar-refractivity contribution is 0.495. The number of hydrogen-bond donors (Lipinski definition) is 2. The summed E-state index contributed by atoms with van der Waals surface area (Å²) < 4.78 is 40.1. The van der Waals surface area contributed by atoms with E-state index in [0.29, 0.717) is 5.92 Å². The van der Waals surface area contributed by atoms with Gasteiger partial charge < -0.3 is 5.73 Å². The Bertz CT molecular complexity index is 556. The first-order chi connectivity index (χ1) is 8.92. The van der Waals surface area contributed by atoms with Crippen molar-refractivity contribution in [3.8, 4) is 0 Å². The van der Waals surface area contributed by atoms with E-state index in [-0.39, 0.29) is 16.6 Å². The molecule has 0 amide bonds. The van der Waals surface area contributed by atoms with Gasteiger partial charge in [0, 0.05) is 6.04 Å². The smallest absolute Gasteiger partial charge is 0.240 e. The van der Waals surface area contributed by atoms with Crippen LogP contribution in [0.2, 0.25) is 0 Å². The van der Waals surface area contributed by atoms with E-state index in [1.807, 2.05) is 6.92 Å². The Hall–Kier alpha value is -1.14. The van der Waals surface area contributed by atoms with E-state index in [4.69, 9.17) is 5.73 Å². The minimum Gasteiger partial charge on any atom is -0.396 e. The largest absolute Gasteiger partial charge is 0.396 e. The molecule has 0 aromatic heterocycles. The SMILES string of the molecule is CCC(CC1CC1)NS(=O)(=O)c1ccc(F)c(N)c1. The highest BCUT2D eigenvalue weighted by Gasteiger charge is 2.27. The van der Waals surface area contributed by atoms with E-state index in [0.717, 1.165) is 25.0 Å². The molecule has 0 radical (unpaired) electrons. The number of rotatable bonds is 6. The number of benzene rings is 1. The number of anilines is 1. The van der Waals surface area contributed by atoms with Crippen molar-refractivity contribution in [3.05, 3.63) is 24.0 Å². The molecule has 0 aliphatic heterocycles. The van der Waals surface area contributed by atoms with Gasteiger partial charge in [-0.1, -0.05) is 19.8 Å². The van der Waals surface area contributed by atoms with Crippen LogP contribution in [0, 0.1) is 11.7 Å². The molecule has 1 aliphatic rings. The third kappa shape index (κ3) is 3.67. The van der Waals surface area contributed by atoms with Gasteiger partial charge in [0.1, 0.15) is 5.82 Å². The van der Waals surface area contributed by atoms with Crippen LogP contribution in [0.5, 0.6) is 0 Å². The van der Waals surface area contributed by atoms with Crippen molar-refractivity contribution in [3.63, 3.8) is 0 Å². The Morgan fingerprint density at radius 2 is 2.16 bits per heavy atom. The van der Waals surface area contributed by atoms with Crippen molar-refractivity contribution in [2.24, 2.45) is 5.92 Å². The van der Waals surface area contributed by atoms with Gasteiger partial charge in [0.25, 0.3) is 0 Å². The predicted molar refractivity (Wildman–Crippen MR) is 72.6 cm³/mol. The van der Waals surface area contributed by atoms with Gasteiger partial charge in [-0.25, -0.2) is 17.5 Å². The van der Waals surface area contributed by atoms with E-state index >= 15 is 0 Å². The van der Waals surface area contributed by atoms with E-state index in [2.05, 4.69) is 4.72 Å². The van der Waals surface area contributed by atoms with E-state index in [9.17, 15) is 12.8 Å². The van der Waals surface area contributed by atoms with Crippen LogP contribution >= 0.6 is 0 Å². The fraction of sp³-hybridized carbons (Fsp3) is 0.538.